The fourth-order valence-electron chi connectivity index (χ4n) is 4.69. The first kappa shape index (κ1) is 28.9. The fraction of sp³-hybridized carbons (Fsp3) is 0.276. The minimum Gasteiger partial charge on any atom is -1.00 e. The molecule has 3 aromatic carbocycles. The zero-order valence-electron chi connectivity index (χ0n) is 19.5. The smallest absolute Gasteiger partial charge is 1.00 e. The van der Waals surface area contributed by atoms with Gasteiger partial charge in [0.1, 0.15) is 0 Å². The Morgan fingerprint density at radius 2 is 1.66 bits per heavy atom. The Morgan fingerprint density at radius 3 is 2.31 bits per heavy atom. The Labute approximate surface area is 225 Å². The molecule has 0 fully saturated rings. The summed E-state index contributed by atoms with van der Waals surface area (Å²) in [7, 11) is 0. The number of allylic oxidation sites excluding steroid dienone is 4. The number of rotatable bonds is 1. The van der Waals surface area contributed by atoms with Crippen LogP contribution in [0.3, 0.4) is 0 Å². The van der Waals surface area contributed by atoms with Crippen LogP contribution in [0.2, 0.25) is 0 Å². The molecule has 1 atom stereocenters. The normalized spacial score (nSPS) is 15.6. The summed E-state index contributed by atoms with van der Waals surface area (Å²) in [5, 5.41) is 2.65. The standard InChI is InChI=1S/C27H25.C2H5.2ClH.Zr/c1-17-13-19(27(2,3)4)15-23(17)26-16-25-20-10-6-5-9-18(20)14-24(25)21-11-7-8-12-22(21)26;1-2;;;/h5-10,12-13,15-16,23H,14H2,1-4H3;1H2,2H3;2*1H;/q2*-1;;;+4/p-2. The van der Waals surface area contributed by atoms with Gasteiger partial charge in [0.2, 0.25) is 0 Å². The van der Waals surface area contributed by atoms with Crippen LogP contribution in [-0.4, -0.2) is 0 Å². The fourth-order valence-corrected chi connectivity index (χ4v) is 4.69. The second-order valence-corrected chi connectivity index (χ2v) is 9.02. The first-order valence-corrected chi connectivity index (χ1v) is 10.6. The zero-order valence-corrected chi connectivity index (χ0v) is 23.5. The molecule has 0 amide bonds. The maximum absolute atomic E-state index is 3.57. The van der Waals surface area contributed by atoms with E-state index in [0.29, 0.717) is 5.92 Å². The van der Waals surface area contributed by atoms with E-state index in [0.717, 1.165) is 6.42 Å². The van der Waals surface area contributed by atoms with E-state index in [1.165, 1.54) is 49.7 Å². The minimum atomic E-state index is 0. The third-order valence-electron chi connectivity index (χ3n) is 6.19. The van der Waals surface area contributed by atoms with Crippen molar-refractivity contribution in [3.8, 4) is 11.1 Å². The van der Waals surface area contributed by atoms with Crippen LogP contribution in [0.1, 0.15) is 57.2 Å². The Bertz CT molecular complexity index is 1150. The van der Waals surface area contributed by atoms with Crippen LogP contribution in [0.4, 0.5) is 0 Å². The van der Waals surface area contributed by atoms with E-state index in [4.69, 9.17) is 0 Å². The van der Waals surface area contributed by atoms with Gasteiger partial charge in [-0.25, -0.2) is 0 Å². The van der Waals surface area contributed by atoms with Crippen molar-refractivity contribution in [3.05, 3.63) is 102 Å². The molecular formula is C29H30Cl2Zr. The average Bonchev–Trinajstić information content (AvgIpc) is 3.29. The van der Waals surface area contributed by atoms with Crippen LogP contribution < -0.4 is 24.8 Å². The summed E-state index contributed by atoms with van der Waals surface area (Å²) >= 11 is 0. The first-order valence-electron chi connectivity index (χ1n) is 10.6. The van der Waals surface area contributed by atoms with Crippen LogP contribution in [0.5, 0.6) is 0 Å². The Kier molecular flexibility index (Phi) is 10.2. The van der Waals surface area contributed by atoms with E-state index in [9.17, 15) is 0 Å². The number of fused-ring (bicyclic) bond motifs is 5. The van der Waals surface area contributed by atoms with E-state index in [1.807, 2.05) is 0 Å². The number of halogens is 2. The number of benzene rings is 3. The molecule has 32 heavy (non-hydrogen) atoms. The molecule has 0 heterocycles. The number of hydrogen-bond acceptors (Lipinski definition) is 0. The van der Waals surface area contributed by atoms with E-state index in [1.54, 1.807) is 6.92 Å². The van der Waals surface area contributed by atoms with Gasteiger partial charge in [-0.15, -0.1) is 40.6 Å². The molecule has 0 N–H and O–H groups in total. The topological polar surface area (TPSA) is 0 Å². The van der Waals surface area contributed by atoms with E-state index in [-0.39, 0.29) is 56.4 Å². The predicted molar refractivity (Wildman–Crippen MR) is 126 cm³/mol. The molecule has 1 unspecified atom stereocenters. The van der Waals surface area contributed by atoms with Gasteiger partial charge >= 0.3 is 26.2 Å². The summed E-state index contributed by atoms with van der Waals surface area (Å²) in [6.45, 7) is 14.2. The Balaban J connectivity index is 0.000000997. The number of hydrogen-bond donors (Lipinski definition) is 0. The zero-order chi connectivity index (χ0) is 20.8. The molecule has 0 radical (unpaired) electrons. The van der Waals surface area contributed by atoms with Crippen molar-refractivity contribution in [1.82, 2.24) is 0 Å². The van der Waals surface area contributed by atoms with Crippen LogP contribution in [-0.2, 0) is 32.6 Å². The Morgan fingerprint density at radius 1 is 0.969 bits per heavy atom. The average molecular weight is 541 g/mol. The van der Waals surface area contributed by atoms with Crippen molar-refractivity contribution in [2.24, 2.45) is 5.41 Å². The predicted octanol–water partition coefficient (Wildman–Crippen LogP) is 2.07. The van der Waals surface area contributed by atoms with E-state index in [2.05, 4.69) is 101 Å². The minimum absolute atomic E-state index is 0. The van der Waals surface area contributed by atoms with Crippen molar-refractivity contribution in [2.45, 2.75) is 47.0 Å². The van der Waals surface area contributed by atoms with Gasteiger partial charge in [0.25, 0.3) is 0 Å². The molecule has 0 spiro atoms. The van der Waals surface area contributed by atoms with Gasteiger partial charge in [-0.3, -0.25) is 0 Å². The molecule has 0 nitrogen and oxygen atoms in total. The molecule has 0 aromatic heterocycles. The van der Waals surface area contributed by atoms with Gasteiger partial charge in [-0.05, 0) is 35.5 Å². The summed E-state index contributed by atoms with van der Waals surface area (Å²) in [6.07, 6.45) is 5.89. The van der Waals surface area contributed by atoms with Gasteiger partial charge in [-0.1, -0.05) is 80.0 Å². The molecule has 3 heteroatoms. The van der Waals surface area contributed by atoms with Gasteiger partial charge in [-0.2, -0.15) is 6.92 Å². The van der Waals surface area contributed by atoms with Gasteiger partial charge in [0.15, 0.2) is 0 Å². The molecule has 0 aliphatic heterocycles. The van der Waals surface area contributed by atoms with Crippen LogP contribution in [0, 0.1) is 18.4 Å². The van der Waals surface area contributed by atoms with Crippen molar-refractivity contribution in [2.75, 3.05) is 0 Å². The molecule has 0 bridgehead atoms. The quantitative estimate of drug-likeness (QED) is 0.325. The SMILES string of the molecule is CC1=CC(C(C)(C)C)=CC1c1cc2c(c3[c-]cccc13)Cc1ccccc1-2.[CH2-]C.[Cl-].[Cl-].[Zr+4]. The molecule has 2 aliphatic rings. The van der Waals surface area contributed by atoms with Crippen LogP contribution in [0.15, 0.2) is 71.8 Å². The van der Waals surface area contributed by atoms with Crippen LogP contribution >= 0.6 is 0 Å². The molecule has 2 aliphatic carbocycles. The first-order chi connectivity index (χ1) is 13.9. The van der Waals surface area contributed by atoms with Gasteiger partial charge in [0.05, 0.1) is 0 Å². The molecule has 164 valence electrons. The summed E-state index contributed by atoms with van der Waals surface area (Å²) in [4.78, 5) is 0. The largest absolute Gasteiger partial charge is 4.00 e. The molecule has 0 saturated heterocycles. The summed E-state index contributed by atoms with van der Waals surface area (Å²) in [5.74, 6) is 0.357. The second kappa shape index (κ2) is 11.3. The summed E-state index contributed by atoms with van der Waals surface area (Å²) < 4.78 is 0. The van der Waals surface area contributed by atoms with Crippen molar-refractivity contribution in [3.63, 3.8) is 0 Å². The monoisotopic (exact) mass is 538 g/mol. The summed E-state index contributed by atoms with van der Waals surface area (Å²) in [5.41, 5.74) is 10.2. The van der Waals surface area contributed by atoms with E-state index < -0.39 is 0 Å². The van der Waals surface area contributed by atoms with Crippen molar-refractivity contribution < 1.29 is 51.0 Å². The van der Waals surface area contributed by atoms with Crippen LogP contribution in [0.25, 0.3) is 21.9 Å². The molecular weight excluding hydrogens is 510 g/mol. The maximum Gasteiger partial charge on any atom is 4.00 e. The molecule has 3 aromatic rings. The van der Waals surface area contributed by atoms with Gasteiger partial charge < -0.3 is 31.7 Å². The molecule has 5 rings (SSSR count). The third kappa shape index (κ3) is 5.01. The maximum atomic E-state index is 3.57. The second-order valence-electron chi connectivity index (χ2n) is 9.02. The van der Waals surface area contributed by atoms with Crippen molar-refractivity contribution in [1.29, 1.82) is 0 Å². The Hall–Kier alpha value is -1.14. The van der Waals surface area contributed by atoms with Crippen molar-refractivity contribution >= 4 is 10.8 Å². The third-order valence-corrected chi connectivity index (χ3v) is 6.19. The van der Waals surface area contributed by atoms with Gasteiger partial charge in [0, 0.05) is 5.92 Å². The summed E-state index contributed by atoms with van der Waals surface area (Å²) in [6, 6.07) is 21.3. The van der Waals surface area contributed by atoms with E-state index >= 15 is 0 Å². The molecule has 0 saturated carbocycles.